The van der Waals surface area contributed by atoms with E-state index in [1.807, 2.05) is 0 Å². The summed E-state index contributed by atoms with van der Waals surface area (Å²) in [4.78, 5) is 48.5. The first kappa shape index (κ1) is 15.9. The predicted molar refractivity (Wildman–Crippen MR) is 80.6 cm³/mol. The van der Waals surface area contributed by atoms with E-state index in [2.05, 4.69) is 5.32 Å². The summed E-state index contributed by atoms with van der Waals surface area (Å²) in [6.45, 7) is 6.46. The van der Waals surface area contributed by atoms with Crippen LogP contribution in [0, 0.1) is 5.41 Å². The minimum atomic E-state index is -0.765. The second kappa shape index (κ2) is 5.36. The van der Waals surface area contributed by atoms with Crippen LogP contribution in [0.15, 0.2) is 18.2 Å². The van der Waals surface area contributed by atoms with Crippen LogP contribution in [0.2, 0.25) is 0 Å². The molecule has 2 rings (SSSR count). The monoisotopic (exact) mass is 302 g/mol. The summed E-state index contributed by atoms with van der Waals surface area (Å²) in [5, 5.41) is 2.23. The van der Waals surface area contributed by atoms with E-state index in [4.69, 9.17) is 0 Å². The summed E-state index contributed by atoms with van der Waals surface area (Å²) in [6, 6.07) is 3.96. The largest absolute Gasteiger partial charge is 0.335 e. The van der Waals surface area contributed by atoms with Gasteiger partial charge in [0.25, 0.3) is 0 Å². The Morgan fingerprint density at radius 3 is 2.36 bits per heavy atom. The summed E-state index contributed by atoms with van der Waals surface area (Å²) in [5.74, 6) is -0.991. The number of hydrogen-bond acceptors (Lipinski definition) is 4. The topological polar surface area (TPSA) is 83.6 Å². The van der Waals surface area contributed by atoms with Gasteiger partial charge in [-0.25, -0.2) is 9.69 Å². The molecule has 6 heteroatoms. The average molecular weight is 302 g/mol. The molecule has 4 amide bonds. The van der Waals surface area contributed by atoms with E-state index >= 15 is 0 Å². The number of imide groups is 2. The number of nitrogens with one attached hydrogen (secondary N) is 1. The molecule has 0 spiro atoms. The Morgan fingerprint density at radius 1 is 1.18 bits per heavy atom. The molecule has 1 aromatic carbocycles. The maximum atomic E-state index is 12.2. The van der Waals surface area contributed by atoms with Gasteiger partial charge in [-0.05, 0) is 30.7 Å². The number of carbonyl (C=O) groups is 4. The molecule has 1 aromatic rings. The highest BCUT2D eigenvalue weighted by Crippen LogP contribution is 2.30. The maximum Gasteiger partial charge on any atom is 0.335 e. The van der Waals surface area contributed by atoms with Crippen LogP contribution < -0.4 is 10.2 Å². The van der Waals surface area contributed by atoms with Crippen molar-refractivity contribution < 1.29 is 19.2 Å². The lowest BCUT2D eigenvalue weighted by Gasteiger charge is -2.20. The van der Waals surface area contributed by atoms with Crippen molar-refractivity contribution in [1.29, 1.82) is 0 Å². The van der Waals surface area contributed by atoms with Gasteiger partial charge < -0.3 is 0 Å². The molecular formula is C16H18N2O4. The SMILES string of the molecule is CC(=O)c1ccc2c(c1)CC(=O)N2C(=O)NC(=O)C(C)(C)C. The Bertz CT molecular complexity index is 686. The van der Waals surface area contributed by atoms with E-state index in [9.17, 15) is 19.2 Å². The Labute approximate surface area is 128 Å². The van der Waals surface area contributed by atoms with Crippen LogP contribution in [-0.4, -0.2) is 23.6 Å². The lowest BCUT2D eigenvalue weighted by molar-refractivity contribution is -0.127. The smallest absolute Gasteiger partial charge is 0.295 e. The second-order valence-corrected chi connectivity index (χ2v) is 6.31. The number of urea groups is 1. The molecule has 0 aromatic heterocycles. The molecule has 116 valence electrons. The van der Waals surface area contributed by atoms with Gasteiger partial charge in [0.15, 0.2) is 5.78 Å². The number of rotatable bonds is 1. The zero-order valence-corrected chi connectivity index (χ0v) is 13.0. The van der Waals surface area contributed by atoms with Crippen LogP contribution in [0.4, 0.5) is 10.5 Å². The molecule has 0 atom stereocenters. The first-order chi connectivity index (χ1) is 10.1. The lowest BCUT2D eigenvalue weighted by Crippen LogP contribution is -2.48. The quantitative estimate of drug-likeness (QED) is 0.805. The van der Waals surface area contributed by atoms with E-state index in [0.717, 1.165) is 4.90 Å². The predicted octanol–water partition coefficient (Wildman–Crippen LogP) is 2.06. The van der Waals surface area contributed by atoms with Crippen molar-refractivity contribution >= 4 is 29.3 Å². The van der Waals surface area contributed by atoms with Crippen molar-refractivity contribution in [2.45, 2.75) is 34.1 Å². The van der Waals surface area contributed by atoms with Gasteiger partial charge in [0.1, 0.15) is 0 Å². The van der Waals surface area contributed by atoms with E-state index in [1.165, 1.54) is 6.92 Å². The average Bonchev–Trinajstić information content (AvgIpc) is 2.72. The summed E-state index contributed by atoms with van der Waals surface area (Å²) in [6.07, 6.45) is 0.0353. The van der Waals surface area contributed by atoms with Gasteiger partial charge in [-0.15, -0.1) is 0 Å². The zero-order chi connectivity index (χ0) is 16.7. The number of nitrogens with zero attached hydrogens (tertiary/aromatic N) is 1. The number of benzene rings is 1. The van der Waals surface area contributed by atoms with Gasteiger partial charge in [-0.2, -0.15) is 0 Å². The summed E-state index contributed by atoms with van der Waals surface area (Å²) in [7, 11) is 0. The number of fused-ring (bicyclic) bond motifs is 1. The third-order valence-electron chi connectivity index (χ3n) is 3.42. The highest BCUT2D eigenvalue weighted by atomic mass is 16.2. The van der Waals surface area contributed by atoms with Crippen molar-refractivity contribution in [3.63, 3.8) is 0 Å². The van der Waals surface area contributed by atoms with Crippen molar-refractivity contribution in [2.24, 2.45) is 5.41 Å². The molecule has 0 radical (unpaired) electrons. The molecule has 0 bridgehead atoms. The summed E-state index contributed by atoms with van der Waals surface area (Å²) in [5.41, 5.74) is 0.768. The van der Waals surface area contributed by atoms with E-state index in [1.54, 1.807) is 39.0 Å². The van der Waals surface area contributed by atoms with Crippen LogP contribution in [-0.2, 0) is 16.0 Å². The van der Waals surface area contributed by atoms with Gasteiger partial charge in [0, 0.05) is 11.0 Å². The van der Waals surface area contributed by atoms with Crippen LogP contribution in [0.25, 0.3) is 0 Å². The van der Waals surface area contributed by atoms with E-state index in [-0.39, 0.29) is 12.2 Å². The van der Waals surface area contributed by atoms with Crippen molar-refractivity contribution in [3.8, 4) is 0 Å². The molecule has 1 N–H and O–H groups in total. The number of carbonyl (C=O) groups excluding carboxylic acids is 4. The molecule has 1 aliphatic heterocycles. The van der Waals surface area contributed by atoms with E-state index in [0.29, 0.717) is 16.8 Å². The third kappa shape index (κ3) is 2.90. The first-order valence-corrected chi connectivity index (χ1v) is 6.93. The first-order valence-electron chi connectivity index (χ1n) is 6.93. The zero-order valence-electron chi connectivity index (χ0n) is 13.0. The van der Waals surface area contributed by atoms with Crippen LogP contribution in [0.1, 0.15) is 43.6 Å². The van der Waals surface area contributed by atoms with Crippen LogP contribution in [0.5, 0.6) is 0 Å². The summed E-state index contributed by atoms with van der Waals surface area (Å²) >= 11 is 0. The normalized spacial score (nSPS) is 13.8. The van der Waals surface area contributed by atoms with Crippen molar-refractivity contribution in [1.82, 2.24) is 5.32 Å². The Hall–Kier alpha value is -2.50. The molecule has 6 nitrogen and oxygen atoms in total. The minimum absolute atomic E-state index is 0.0353. The second-order valence-electron chi connectivity index (χ2n) is 6.31. The number of anilines is 1. The van der Waals surface area contributed by atoms with Gasteiger partial charge in [0.05, 0.1) is 12.1 Å². The van der Waals surface area contributed by atoms with Gasteiger partial charge >= 0.3 is 6.03 Å². The van der Waals surface area contributed by atoms with Crippen LogP contribution >= 0.6 is 0 Å². The molecule has 0 saturated heterocycles. The van der Waals surface area contributed by atoms with Gasteiger partial charge in [-0.3, -0.25) is 19.7 Å². The fraction of sp³-hybridized carbons (Fsp3) is 0.375. The number of hydrogen-bond donors (Lipinski definition) is 1. The lowest BCUT2D eigenvalue weighted by atomic mass is 9.96. The van der Waals surface area contributed by atoms with Crippen LogP contribution in [0.3, 0.4) is 0 Å². The van der Waals surface area contributed by atoms with Crippen molar-refractivity contribution in [3.05, 3.63) is 29.3 Å². The minimum Gasteiger partial charge on any atom is -0.295 e. The molecule has 0 fully saturated rings. The standard InChI is InChI=1S/C16H18N2O4/c1-9(19)10-5-6-12-11(7-10)8-13(20)18(12)15(22)17-14(21)16(2,3)4/h5-7H,8H2,1-4H3,(H,17,21,22). The summed E-state index contributed by atoms with van der Waals surface area (Å²) < 4.78 is 0. The Kier molecular flexibility index (Phi) is 3.87. The maximum absolute atomic E-state index is 12.2. The number of amides is 4. The Balaban J connectivity index is 2.28. The number of Topliss-reactive ketones (excluding diaryl/α,β-unsaturated/α-hetero) is 1. The molecule has 1 heterocycles. The Morgan fingerprint density at radius 2 is 1.82 bits per heavy atom. The van der Waals surface area contributed by atoms with Crippen molar-refractivity contribution in [2.75, 3.05) is 4.90 Å². The third-order valence-corrected chi connectivity index (χ3v) is 3.42. The molecular weight excluding hydrogens is 284 g/mol. The van der Waals surface area contributed by atoms with E-state index < -0.39 is 23.3 Å². The highest BCUT2D eigenvalue weighted by Gasteiger charge is 2.35. The fourth-order valence-electron chi connectivity index (χ4n) is 2.10. The van der Waals surface area contributed by atoms with Gasteiger partial charge in [0.2, 0.25) is 11.8 Å². The van der Waals surface area contributed by atoms with Gasteiger partial charge in [-0.1, -0.05) is 20.8 Å². The molecule has 0 unspecified atom stereocenters. The molecule has 0 saturated carbocycles. The molecule has 1 aliphatic rings. The molecule has 22 heavy (non-hydrogen) atoms. The highest BCUT2D eigenvalue weighted by molar-refractivity contribution is 6.21. The fourth-order valence-corrected chi connectivity index (χ4v) is 2.10. The molecule has 0 aliphatic carbocycles. The number of ketones is 1.